The Bertz CT molecular complexity index is 369. The molecule has 0 saturated carbocycles. The fraction of sp³-hybridized carbons (Fsp3) is 0.417. The average molecular weight is 208 g/mol. The van der Waals surface area contributed by atoms with Crippen molar-refractivity contribution >= 4 is 5.97 Å². The second-order valence-electron chi connectivity index (χ2n) is 4.28. The van der Waals surface area contributed by atoms with Gasteiger partial charge in [0, 0.05) is 5.41 Å². The van der Waals surface area contributed by atoms with E-state index in [1.54, 1.807) is 13.8 Å². The van der Waals surface area contributed by atoms with Crippen LogP contribution in [-0.4, -0.2) is 22.3 Å². The van der Waals surface area contributed by atoms with E-state index in [0.717, 1.165) is 11.1 Å². The summed E-state index contributed by atoms with van der Waals surface area (Å²) in [6.07, 6.45) is -1.39. The largest absolute Gasteiger partial charge is 0.479 e. The van der Waals surface area contributed by atoms with E-state index >= 15 is 0 Å². The van der Waals surface area contributed by atoms with Crippen molar-refractivity contribution in [3.63, 3.8) is 0 Å². The van der Waals surface area contributed by atoms with Crippen LogP contribution in [0.3, 0.4) is 0 Å². The maximum atomic E-state index is 10.8. The molecule has 0 amide bonds. The Morgan fingerprint density at radius 1 is 1.33 bits per heavy atom. The van der Waals surface area contributed by atoms with Crippen LogP contribution in [0.1, 0.15) is 25.0 Å². The van der Waals surface area contributed by atoms with Gasteiger partial charge in [0.25, 0.3) is 0 Å². The minimum atomic E-state index is -1.39. The highest BCUT2D eigenvalue weighted by Crippen LogP contribution is 2.29. The van der Waals surface area contributed by atoms with E-state index in [1.165, 1.54) is 0 Å². The van der Waals surface area contributed by atoms with Crippen LogP contribution in [0.2, 0.25) is 0 Å². The van der Waals surface area contributed by atoms with Crippen molar-refractivity contribution in [1.29, 1.82) is 0 Å². The van der Waals surface area contributed by atoms with Gasteiger partial charge in [-0.2, -0.15) is 0 Å². The molecular weight excluding hydrogens is 192 g/mol. The number of carboxylic acids is 1. The number of hydrogen-bond donors (Lipinski definition) is 2. The molecule has 1 rings (SSSR count). The highest BCUT2D eigenvalue weighted by atomic mass is 16.4. The van der Waals surface area contributed by atoms with Gasteiger partial charge in [-0.15, -0.1) is 0 Å². The van der Waals surface area contributed by atoms with Gasteiger partial charge in [0.15, 0.2) is 6.10 Å². The summed E-state index contributed by atoms with van der Waals surface area (Å²) < 4.78 is 0. The van der Waals surface area contributed by atoms with E-state index in [9.17, 15) is 9.90 Å². The number of carbonyl (C=O) groups is 1. The molecule has 0 fully saturated rings. The van der Waals surface area contributed by atoms with Gasteiger partial charge >= 0.3 is 5.97 Å². The number of carboxylic acid groups (broad SMARTS) is 1. The van der Waals surface area contributed by atoms with Gasteiger partial charge in [-0.3, -0.25) is 0 Å². The third-order valence-corrected chi connectivity index (χ3v) is 2.76. The lowest BCUT2D eigenvalue weighted by Gasteiger charge is -2.29. The summed E-state index contributed by atoms with van der Waals surface area (Å²) in [5, 5.41) is 18.5. The van der Waals surface area contributed by atoms with Gasteiger partial charge in [0.05, 0.1) is 0 Å². The molecule has 0 saturated heterocycles. The van der Waals surface area contributed by atoms with E-state index in [-0.39, 0.29) is 0 Å². The number of aryl methyl sites for hydroxylation is 1. The van der Waals surface area contributed by atoms with Gasteiger partial charge in [0.1, 0.15) is 0 Å². The van der Waals surface area contributed by atoms with Crippen molar-refractivity contribution in [3.05, 3.63) is 35.4 Å². The van der Waals surface area contributed by atoms with Crippen molar-refractivity contribution in [2.24, 2.45) is 0 Å². The van der Waals surface area contributed by atoms with Crippen LogP contribution >= 0.6 is 0 Å². The van der Waals surface area contributed by atoms with Crippen molar-refractivity contribution in [2.75, 3.05) is 0 Å². The zero-order valence-electron chi connectivity index (χ0n) is 9.19. The van der Waals surface area contributed by atoms with E-state index in [2.05, 4.69) is 0 Å². The predicted octanol–water partition coefficient (Wildman–Crippen LogP) is 1.72. The molecule has 3 nitrogen and oxygen atoms in total. The first-order chi connectivity index (χ1) is 6.87. The van der Waals surface area contributed by atoms with Crippen LogP contribution in [-0.2, 0) is 10.2 Å². The van der Waals surface area contributed by atoms with Crippen LogP contribution in [0.15, 0.2) is 24.3 Å². The lowest BCUT2D eigenvalue weighted by atomic mass is 9.77. The maximum absolute atomic E-state index is 10.8. The van der Waals surface area contributed by atoms with Crippen LogP contribution < -0.4 is 0 Å². The molecule has 0 radical (unpaired) electrons. The minimum absolute atomic E-state index is 0.781. The Morgan fingerprint density at radius 3 is 2.33 bits per heavy atom. The third kappa shape index (κ3) is 2.18. The molecule has 1 unspecified atom stereocenters. The van der Waals surface area contributed by atoms with Gasteiger partial charge in [0.2, 0.25) is 0 Å². The summed E-state index contributed by atoms with van der Waals surface area (Å²) >= 11 is 0. The fourth-order valence-electron chi connectivity index (χ4n) is 1.75. The van der Waals surface area contributed by atoms with Crippen molar-refractivity contribution < 1.29 is 15.0 Å². The van der Waals surface area contributed by atoms with Gasteiger partial charge in [-0.25, -0.2) is 4.79 Å². The Morgan fingerprint density at radius 2 is 1.87 bits per heavy atom. The highest BCUT2D eigenvalue weighted by Gasteiger charge is 2.35. The number of aliphatic hydroxyl groups is 1. The lowest BCUT2D eigenvalue weighted by molar-refractivity contribution is -0.150. The Hall–Kier alpha value is -1.35. The molecule has 0 heterocycles. The molecule has 3 heteroatoms. The van der Waals surface area contributed by atoms with Gasteiger partial charge < -0.3 is 10.2 Å². The summed E-state index contributed by atoms with van der Waals surface area (Å²) in [7, 11) is 0. The van der Waals surface area contributed by atoms with E-state index in [4.69, 9.17) is 5.11 Å². The summed E-state index contributed by atoms with van der Waals surface area (Å²) in [6.45, 7) is 5.37. The SMILES string of the molecule is Cc1ccccc1C(C)(C)C(O)C(=O)O. The van der Waals surface area contributed by atoms with Crippen molar-refractivity contribution in [3.8, 4) is 0 Å². The second kappa shape index (κ2) is 4.03. The molecule has 1 atom stereocenters. The quantitative estimate of drug-likeness (QED) is 0.795. The van der Waals surface area contributed by atoms with E-state index < -0.39 is 17.5 Å². The first kappa shape index (κ1) is 11.7. The Balaban J connectivity index is 3.16. The molecule has 1 aromatic carbocycles. The molecule has 0 aliphatic heterocycles. The Kier molecular flexibility index (Phi) is 3.15. The van der Waals surface area contributed by atoms with Crippen LogP contribution in [0.4, 0.5) is 0 Å². The molecule has 0 aliphatic rings. The molecular formula is C12H16O3. The van der Waals surface area contributed by atoms with Crippen LogP contribution in [0, 0.1) is 6.92 Å². The topological polar surface area (TPSA) is 57.5 Å². The van der Waals surface area contributed by atoms with Crippen molar-refractivity contribution in [2.45, 2.75) is 32.3 Å². The van der Waals surface area contributed by atoms with E-state index in [0.29, 0.717) is 0 Å². The number of aliphatic hydroxyl groups excluding tert-OH is 1. The molecule has 2 N–H and O–H groups in total. The predicted molar refractivity (Wildman–Crippen MR) is 57.8 cm³/mol. The van der Waals surface area contributed by atoms with E-state index in [1.807, 2.05) is 31.2 Å². The summed E-state index contributed by atoms with van der Waals surface area (Å²) in [6, 6.07) is 7.49. The van der Waals surface area contributed by atoms with Gasteiger partial charge in [-0.1, -0.05) is 38.1 Å². The standard InChI is InChI=1S/C12H16O3/c1-8-6-4-5-7-9(8)12(2,3)10(13)11(14)15/h4-7,10,13H,1-3H3,(H,14,15). The zero-order chi connectivity index (χ0) is 11.6. The summed E-state index contributed by atoms with van der Waals surface area (Å²) in [4.78, 5) is 10.8. The first-order valence-corrected chi connectivity index (χ1v) is 4.84. The Labute approximate surface area is 89.4 Å². The smallest absolute Gasteiger partial charge is 0.333 e. The number of benzene rings is 1. The lowest BCUT2D eigenvalue weighted by Crippen LogP contribution is -2.40. The fourth-order valence-corrected chi connectivity index (χ4v) is 1.75. The third-order valence-electron chi connectivity index (χ3n) is 2.76. The zero-order valence-corrected chi connectivity index (χ0v) is 9.19. The second-order valence-corrected chi connectivity index (χ2v) is 4.28. The molecule has 15 heavy (non-hydrogen) atoms. The number of aliphatic carboxylic acids is 1. The minimum Gasteiger partial charge on any atom is -0.479 e. The molecule has 0 aromatic heterocycles. The molecule has 0 spiro atoms. The van der Waals surface area contributed by atoms with Crippen LogP contribution in [0.5, 0.6) is 0 Å². The molecule has 0 bridgehead atoms. The van der Waals surface area contributed by atoms with Gasteiger partial charge in [-0.05, 0) is 18.1 Å². The average Bonchev–Trinajstić information content (AvgIpc) is 2.16. The molecule has 0 aliphatic carbocycles. The summed E-state index contributed by atoms with van der Waals surface area (Å²) in [5.41, 5.74) is 1.07. The first-order valence-electron chi connectivity index (χ1n) is 4.84. The monoisotopic (exact) mass is 208 g/mol. The maximum Gasteiger partial charge on any atom is 0.333 e. The highest BCUT2D eigenvalue weighted by molar-refractivity contribution is 5.74. The summed E-state index contributed by atoms with van der Waals surface area (Å²) in [5.74, 6) is -1.19. The van der Waals surface area contributed by atoms with Crippen LogP contribution in [0.25, 0.3) is 0 Å². The normalized spacial score (nSPS) is 13.6. The number of rotatable bonds is 3. The molecule has 1 aromatic rings. The molecule has 82 valence electrons. The number of hydrogen-bond acceptors (Lipinski definition) is 2. The van der Waals surface area contributed by atoms with Crippen molar-refractivity contribution in [1.82, 2.24) is 0 Å².